The average molecular weight is 285 g/mol. The van der Waals surface area contributed by atoms with Gasteiger partial charge in [-0.15, -0.1) is 12.4 Å². The predicted octanol–water partition coefficient (Wildman–Crippen LogP) is 1.59. The second kappa shape index (κ2) is 7.11. The Morgan fingerprint density at radius 1 is 1.32 bits per heavy atom. The summed E-state index contributed by atoms with van der Waals surface area (Å²) in [4.78, 5) is 23.1. The summed E-state index contributed by atoms with van der Waals surface area (Å²) in [5.74, 6) is -0.413. The molecule has 104 valence electrons. The highest BCUT2D eigenvalue weighted by Gasteiger charge is 2.21. The Morgan fingerprint density at radius 2 is 2.00 bits per heavy atom. The van der Waals surface area contributed by atoms with Crippen LogP contribution in [0.25, 0.3) is 0 Å². The molecule has 19 heavy (non-hydrogen) atoms. The van der Waals surface area contributed by atoms with Crippen LogP contribution in [-0.4, -0.2) is 31.6 Å². The molecule has 0 aromatic heterocycles. The number of carbonyl (C=O) groups is 2. The first kappa shape index (κ1) is 15.5. The molecule has 1 saturated heterocycles. The van der Waals surface area contributed by atoms with Gasteiger partial charge in [0.2, 0.25) is 5.91 Å². The van der Waals surface area contributed by atoms with E-state index in [-0.39, 0.29) is 30.3 Å². The third-order valence-electron chi connectivity index (χ3n) is 2.95. The van der Waals surface area contributed by atoms with Crippen LogP contribution < -0.4 is 10.6 Å². The van der Waals surface area contributed by atoms with Crippen LogP contribution in [0.4, 0.5) is 5.69 Å². The summed E-state index contributed by atoms with van der Waals surface area (Å²) < 4.78 is 4.60. The SMILES string of the molecule is COC(=O)c1ccc(NC(=O)[C@@H]2CCCN2)cc1.Cl. The maximum absolute atomic E-state index is 11.8. The van der Waals surface area contributed by atoms with E-state index in [1.165, 1.54) is 7.11 Å². The zero-order valence-corrected chi connectivity index (χ0v) is 11.5. The molecule has 6 heteroatoms. The van der Waals surface area contributed by atoms with Gasteiger partial charge >= 0.3 is 5.97 Å². The van der Waals surface area contributed by atoms with Crippen molar-refractivity contribution in [2.24, 2.45) is 0 Å². The summed E-state index contributed by atoms with van der Waals surface area (Å²) in [6.45, 7) is 0.888. The number of anilines is 1. The van der Waals surface area contributed by atoms with Gasteiger partial charge in [-0.05, 0) is 43.7 Å². The molecule has 1 heterocycles. The molecule has 2 N–H and O–H groups in total. The number of amides is 1. The Morgan fingerprint density at radius 3 is 2.53 bits per heavy atom. The minimum atomic E-state index is -0.384. The van der Waals surface area contributed by atoms with Gasteiger partial charge in [-0.25, -0.2) is 4.79 Å². The Labute approximate surface area is 118 Å². The van der Waals surface area contributed by atoms with E-state index in [4.69, 9.17) is 0 Å². The lowest BCUT2D eigenvalue weighted by Crippen LogP contribution is -2.35. The van der Waals surface area contributed by atoms with Gasteiger partial charge in [0, 0.05) is 5.69 Å². The molecule has 1 aromatic rings. The van der Waals surface area contributed by atoms with E-state index in [2.05, 4.69) is 15.4 Å². The van der Waals surface area contributed by atoms with Crippen LogP contribution in [0.2, 0.25) is 0 Å². The van der Waals surface area contributed by atoms with Gasteiger partial charge in [-0.3, -0.25) is 4.79 Å². The van der Waals surface area contributed by atoms with Crippen molar-refractivity contribution in [3.8, 4) is 0 Å². The van der Waals surface area contributed by atoms with Crippen molar-refractivity contribution in [2.45, 2.75) is 18.9 Å². The highest BCUT2D eigenvalue weighted by Crippen LogP contribution is 2.13. The summed E-state index contributed by atoms with van der Waals surface area (Å²) in [6, 6.07) is 6.54. The largest absolute Gasteiger partial charge is 0.465 e. The molecule has 0 spiro atoms. The lowest BCUT2D eigenvalue weighted by Gasteiger charge is -2.11. The fourth-order valence-corrected chi connectivity index (χ4v) is 1.95. The van der Waals surface area contributed by atoms with Gasteiger partial charge in [0.05, 0.1) is 18.7 Å². The molecule has 1 fully saturated rings. The predicted molar refractivity (Wildman–Crippen MR) is 74.7 cm³/mol. The molecule has 1 aliphatic heterocycles. The molecule has 0 aliphatic carbocycles. The van der Waals surface area contributed by atoms with Crippen LogP contribution in [0.1, 0.15) is 23.2 Å². The van der Waals surface area contributed by atoms with Gasteiger partial charge in [0.1, 0.15) is 0 Å². The number of hydrogen-bond acceptors (Lipinski definition) is 4. The second-order valence-electron chi connectivity index (χ2n) is 4.21. The number of ether oxygens (including phenoxy) is 1. The molecule has 1 aromatic carbocycles. The van der Waals surface area contributed by atoms with Crippen molar-refractivity contribution in [1.82, 2.24) is 5.32 Å². The van der Waals surface area contributed by atoms with E-state index in [9.17, 15) is 9.59 Å². The van der Waals surface area contributed by atoms with Crippen LogP contribution >= 0.6 is 12.4 Å². The molecule has 0 unspecified atom stereocenters. The minimum Gasteiger partial charge on any atom is -0.465 e. The fourth-order valence-electron chi connectivity index (χ4n) is 1.95. The third-order valence-corrected chi connectivity index (χ3v) is 2.95. The number of methoxy groups -OCH3 is 1. The summed E-state index contributed by atoms with van der Waals surface area (Å²) in [5.41, 5.74) is 1.15. The first-order chi connectivity index (χ1) is 8.70. The van der Waals surface area contributed by atoms with Crippen LogP contribution in [-0.2, 0) is 9.53 Å². The minimum absolute atomic E-state index is 0. The zero-order chi connectivity index (χ0) is 13.0. The zero-order valence-electron chi connectivity index (χ0n) is 10.6. The molecule has 0 saturated carbocycles. The molecule has 5 nitrogen and oxygen atoms in total. The van der Waals surface area contributed by atoms with Crippen LogP contribution in [0.15, 0.2) is 24.3 Å². The van der Waals surface area contributed by atoms with E-state index in [0.717, 1.165) is 19.4 Å². The maximum Gasteiger partial charge on any atom is 0.337 e. The Balaban J connectivity index is 0.00000180. The van der Waals surface area contributed by atoms with Crippen molar-refractivity contribution >= 4 is 30.0 Å². The first-order valence-corrected chi connectivity index (χ1v) is 5.93. The third kappa shape index (κ3) is 3.94. The van der Waals surface area contributed by atoms with Gasteiger partial charge in [-0.2, -0.15) is 0 Å². The number of benzene rings is 1. The van der Waals surface area contributed by atoms with Gasteiger partial charge in [0.15, 0.2) is 0 Å². The second-order valence-corrected chi connectivity index (χ2v) is 4.21. The smallest absolute Gasteiger partial charge is 0.337 e. The van der Waals surface area contributed by atoms with Crippen molar-refractivity contribution < 1.29 is 14.3 Å². The number of hydrogen-bond donors (Lipinski definition) is 2. The van der Waals surface area contributed by atoms with E-state index in [1.807, 2.05) is 0 Å². The molecular weight excluding hydrogens is 268 g/mol. The maximum atomic E-state index is 11.8. The summed E-state index contributed by atoms with van der Waals surface area (Å²) in [7, 11) is 1.34. The first-order valence-electron chi connectivity index (χ1n) is 5.93. The molecule has 0 radical (unpaired) electrons. The van der Waals surface area contributed by atoms with Crippen molar-refractivity contribution in [3.63, 3.8) is 0 Å². The highest BCUT2D eigenvalue weighted by molar-refractivity contribution is 5.96. The number of esters is 1. The quantitative estimate of drug-likeness (QED) is 0.827. The Bertz CT molecular complexity index is 442. The standard InChI is InChI=1S/C13H16N2O3.ClH/c1-18-13(17)9-4-6-10(7-5-9)15-12(16)11-3-2-8-14-11;/h4-7,11,14H,2-3,8H2,1H3,(H,15,16);1H/t11-;/m0./s1. The fraction of sp³-hybridized carbons (Fsp3) is 0.385. The normalized spacial score (nSPS) is 17.4. The average Bonchev–Trinajstić information content (AvgIpc) is 2.92. The van der Waals surface area contributed by atoms with Crippen LogP contribution in [0.5, 0.6) is 0 Å². The van der Waals surface area contributed by atoms with Crippen molar-refractivity contribution in [2.75, 3.05) is 19.0 Å². The van der Waals surface area contributed by atoms with E-state index in [1.54, 1.807) is 24.3 Å². The molecule has 2 rings (SSSR count). The van der Waals surface area contributed by atoms with Gasteiger partial charge in [-0.1, -0.05) is 0 Å². The van der Waals surface area contributed by atoms with Crippen molar-refractivity contribution in [1.29, 1.82) is 0 Å². The van der Waals surface area contributed by atoms with Gasteiger partial charge in [0.25, 0.3) is 0 Å². The Kier molecular flexibility index (Phi) is 5.79. The summed E-state index contributed by atoms with van der Waals surface area (Å²) >= 11 is 0. The van der Waals surface area contributed by atoms with E-state index < -0.39 is 0 Å². The number of nitrogens with one attached hydrogen (secondary N) is 2. The molecular formula is C13H17ClN2O3. The van der Waals surface area contributed by atoms with Crippen LogP contribution in [0.3, 0.4) is 0 Å². The highest BCUT2D eigenvalue weighted by atomic mass is 35.5. The van der Waals surface area contributed by atoms with E-state index >= 15 is 0 Å². The molecule has 1 aliphatic rings. The lowest BCUT2D eigenvalue weighted by molar-refractivity contribution is -0.117. The Hall–Kier alpha value is -1.59. The monoisotopic (exact) mass is 284 g/mol. The lowest BCUT2D eigenvalue weighted by atomic mass is 10.2. The number of rotatable bonds is 3. The molecule has 0 bridgehead atoms. The topological polar surface area (TPSA) is 67.4 Å². The molecule has 1 amide bonds. The van der Waals surface area contributed by atoms with Crippen LogP contribution in [0, 0.1) is 0 Å². The summed E-state index contributed by atoms with van der Waals surface area (Å²) in [5, 5.41) is 5.94. The molecule has 1 atom stereocenters. The van der Waals surface area contributed by atoms with Gasteiger partial charge < -0.3 is 15.4 Å². The van der Waals surface area contributed by atoms with Crippen molar-refractivity contribution in [3.05, 3.63) is 29.8 Å². The summed E-state index contributed by atoms with van der Waals surface area (Å²) in [6.07, 6.45) is 1.89. The number of halogens is 1. The van der Waals surface area contributed by atoms with E-state index in [0.29, 0.717) is 11.3 Å². The number of carbonyl (C=O) groups excluding carboxylic acids is 2.